The Labute approximate surface area is 114 Å². The van der Waals surface area contributed by atoms with Crippen LogP contribution in [0.3, 0.4) is 0 Å². The fourth-order valence-corrected chi connectivity index (χ4v) is 1.74. The summed E-state index contributed by atoms with van der Waals surface area (Å²) in [4.78, 5) is 0. The summed E-state index contributed by atoms with van der Waals surface area (Å²) < 4.78 is 10.3. The van der Waals surface area contributed by atoms with Crippen LogP contribution in [0.2, 0.25) is 5.02 Å². The minimum atomic E-state index is 0.0983. The maximum absolute atomic E-state index is 5.89. The van der Waals surface area contributed by atoms with Crippen molar-refractivity contribution in [1.82, 2.24) is 5.32 Å². The zero-order chi connectivity index (χ0) is 13.2. The first-order valence-corrected chi connectivity index (χ1v) is 6.36. The number of halogens is 1. The van der Waals surface area contributed by atoms with Gasteiger partial charge in [0.15, 0.2) is 0 Å². The van der Waals surface area contributed by atoms with E-state index in [0.29, 0.717) is 6.61 Å². The second-order valence-corrected chi connectivity index (χ2v) is 4.39. The molecule has 0 amide bonds. The lowest BCUT2D eigenvalue weighted by Gasteiger charge is -2.15. The van der Waals surface area contributed by atoms with Crippen LogP contribution in [-0.2, 0) is 9.47 Å². The van der Waals surface area contributed by atoms with Crippen molar-refractivity contribution in [1.29, 1.82) is 0 Å². The van der Waals surface area contributed by atoms with Crippen LogP contribution in [0.5, 0.6) is 0 Å². The van der Waals surface area contributed by atoms with Crippen molar-refractivity contribution in [3.8, 4) is 0 Å². The van der Waals surface area contributed by atoms with Crippen molar-refractivity contribution in [2.75, 3.05) is 45.8 Å². The van der Waals surface area contributed by atoms with Crippen molar-refractivity contribution in [3.63, 3.8) is 0 Å². The lowest BCUT2D eigenvalue weighted by molar-refractivity contribution is 0.0292. The zero-order valence-corrected chi connectivity index (χ0v) is 11.7. The van der Waals surface area contributed by atoms with Gasteiger partial charge < -0.3 is 20.1 Å². The molecule has 0 aromatic heterocycles. The summed E-state index contributed by atoms with van der Waals surface area (Å²) in [5.41, 5.74) is 1.03. The number of benzene rings is 1. The predicted molar refractivity (Wildman–Crippen MR) is 75.5 cm³/mol. The van der Waals surface area contributed by atoms with E-state index in [4.69, 9.17) is 21.1 Å². The topological polar surface area (TPSA) is 42.5 Å². The molecule has 1 unspecified atom stereocenters. The number of methoxy groups -OCH3 is 2. The maximum atomic E-state index is 5.89. The third kappa shape index (κ3) is 6.21. The summed E-state index contributed by atoms with van der Waals surface area (Å²) in [5.74, 6) is 0. The van der Waals surface area contributed by atoms with E-state index in [9.17, 15) is 0 Å². The Hall–Kier alpha value is -0.810. The smallest absolute Gasteiger partial charge is 0.0928 e. The molecular formula is C13H21ClN2O2. The van der Waals surface area contributed by atoms with Crippen LogP contribution in [0.25, 0.3) is 0 Å². The van der Waals surface area contributed by atoms with Gasteiger partial charge in [-0.25, -0.2) is 0 Å². The van der Waals surface area contributed by atoms with E-state index in [1.54, 1.807) is 14.2 Å². The first-order chi connectivity index (χ1) is 8.76. The maximum Gasteiger partial charge on any atom is 0.0928 e. The van der Waals surface area contributed by atoms with Crippen molar-refractivity contribution in [2.24, 2.45) is 0 Å². The minimum absolute atomic E-state index is 0.0983. The molecule has 2 N–H and O–H groups in total. The van der Waals surface area contributed by atoms with Crippen LogP contribution in [0.4, 0.5) is 5.69 Å². The number of rotatable bonds is 9. The number of hydrogen-bond donors (Lipinski definition) is 2. The van der Waals surface area contributed by atoms with Gasteiger partial charge in [-0.1, -0.05) is 17.7 Å². The minimum Gasteiger partial charge on any atom is -0.384 e. The number of ether oxygens (including phenoxy) is 2. The molecule has 0 heterocycles. The average molecular weight is 273 g/mol. The lowest BCUT2D eigenvalue weighted by Crippen LogP contribution is -2.34. The predicted octanol–water partition coefficient (Wildman–Crippen LogP) is 2.00. The third-order valence-corrected chi connectivity index (χ3v) is 2.75. The molecule has 0 saturated heterocycles. The molecule has 0 radical (unpaired) electrons. The molecular weight excluding hydrogens is 252 g/mol. The Balaban J connectivity index is 2.11. The van der Waals surface area contributed by atoms with E-state index < -0.39 is 0 Å². The Morgan fingerprint density at radius 2 is 2.11 bits per heavy atom. The van der Waals surface area contributed by atoms with Crippen LogP contribution >= 0.6 is 11.6 Å². The summed E-state index contributed by atoms with van der Waals surface area (Å²) in [6.07, 6.45) is 0.0983. The average Bonchev–Trinajstić information content (AvgIpc) is 2.37. The Morgan fingerprint density at radius 1 is 1.28 bits per heavy atom. The van der Waals surface area contributed by atoms with Crippen LogP contribution in [0, 0.1) is 0 Å². The molecule has 0 saturated carbocycles. The Bertz CT molecular complexity index is 337. The number of hydrogen-bond acceptors (Lipinski definition) is 4. The quantitative estimate of drug-likeness (QED) is 0.675. The van der Waals surface area contributed by atoms with E-state index >= 15 is 0 Å². The van der Waals surface area contributed by atoms with Gasteiger partial charge in [-0.15, -0.1) is 0 Å². The van der Waals surface area contributed by atoms with Gasteiger partial charge in [0.1, 0.15) is 0 Å². The van der Waals surface area contributed by atoms with Crippen molar-refractivity contribution in [2.45, 2.75) is 6.10 Å². The number of anilines is 1. The molecule has 5 heteroatoms. The van der Waals surface area contributed by atoms with Gasteiger partial charge in [0, 0.05) is 44.6 Å². The Kier molecular flexibility index (Phi) is 7.76. The highest BCUT2D eigenvalue weighted by molar-refractivity contribution is 6.30. The van der Waals surface area contributed by atoms with Gasteiger partial charge in [-0.05, 0) is 18.2 Å². The lowest BCUT2D eigenvalue weighted by atomic mass is 10.3. The van der Waals surface area contributed by atoms with Gasteiger partial charge in [-0.2, -0.15) is 0 Å². The van der Waals surface area contributed by atoms with E-state index in [2.05, 4.69) is 10.6 Å². The Morgan fingerprint density at radius 3 is 2.78 bits per heavy atom. The molecule has 4 nitrogen and oxygen atoms in total. The molecule has 1 aromatic rings. The highest BCUT2D eigenvalue weighted by Gasteiger charge is 2.04. The van der Waals surface area contributed by atoms with E-state index in [1.807, 2.05) is 24.3 Å². The first kappa shape index (κ1) is 15.2. The fraction of sp³-hybridized carbons (Fsp3) is 0.538. The van der Waals surface area contributed by atoms with Gasteiger partial charge >= 0.3 is 0 Å². The summed E-state index contributed by atoms with van der Waals surface area (Å²) in [7, 11) is 3.36. The summed E-state index contributed by atoms with van der Waals surface area (Å²) >= 11 is 5.89. The highest BCUT2D eigenvalue weighted by atomic mass is 35.5. The van der Waals surface area contributed by atoms with Crippen LogP contribution in [0.15, 0.2) is 24.3 Å². The molecule has 18 heavy (non-hydrogen) atoms. The normalized spacial score (nSPS) is 12.4. The standard InChI is InChI=1S/C13H21ClN2O2/c1-17-10-13(18-2)9-15-6-7-16-12-5-3-4-11(14)8-12/h3-5,8,13,15-16H,6-7,9-10H2,1-2H3. The molecule has 0 fully saturated rings. The molecule has 102 valence electrons. The molecule has 0 aliphatic rings. The highest BCUT2D eigenvalue weighted by Crippen LogP contribution is 2.14. The molecule has 0 aliphatic heterocycles. The van der Waals surface area contributed by atoms with E-state index in [1.165, 1.54) is 0 Å². The molecule has 1 rings (SSSR count). The van der Waals surface area contributed by atoms with Crippen molar-refractivity contribution >= 4 is 17.3 Å². The largest absolute Gasteiger partial charge is 0.384 e. The first-order valence-electron chi connectivity index (χ1n) is 5.98. The fourth-order valence-electron chi connectivity index (χ4n) is 1.55. The second kappa shape index (κ2) is 9.16. The molecule has 1 atom stereocenters. The van der Waals surface area contributed by atoms with Crippen LogP contribution in [-0.4, -0.2) is 46.6 Å². The SMILES string of the molecule is COCC(CNCCNc1cccc(Cl)c1)OC. The van der Waals surface area contributed by atoms with E-state index in [0.717, 1.165) is 30.3 Å². The molecule has 0 spiro atoms. The second-order valence-electron chi connectivity index (χ2n) is 3.95. The zero-order valence-electron chi connectivity index (χ0n) is 10.9. The van der Waals surface area contributed by atoms with Crippen LogP contribution < -0.4 is 10.6 Å². The summed E-state index contributed by atoms with van der Waals surface area (Å²) in [6.45, 7) is 3.08. The van der Waals surface area contributed by atoms with Crippen molar-refractivity contribution < 1.29 is 9.47 Å². The van der Waals surface area contributed by atoms with Gasteiger partial charge in [0.2, 0.25) is 0 Å². The van der Waals surface area contributed by atoms with E-state index in [-0.39, 0.29) is 6.10 Å². The molecule has 0 aliphatic carbocycles. The number of nitrogens with one attached hydrogen (secondary N) is 2. The summed E-state index contributed by atoms with van der Waals surface area (Å²) in [6, 6.07) is 7.69. The molecule has 0 bridgehead atoms. The monoisotopic (exact) mass is 272 g/mol. The van der Waals surface area contributed by atoms with Crippen LogP contribution in [0.1, 0.15) is 0 Å². The van der Waals surface area contributed by atoms with Gasteiger partial charge in [0.25, 0.3) is 0 Å². The molecule has 1 aromatic carbocycles. The van der Waals surface area contributed by atoms with Gasteiger partial charge in [-0.3, -0.25) is 0 Å². The summed E-state index contributed by atoms with van der Waals surface area (Å²) in [5, 5.41) is 7.34. The third-order valence-electron chi connectivity index (χ3n) is 2.51. The van der Waals surface area contributed by atoms with Crippen molar-refractivity contribution in [3.05, 3.63) is 29.3 Å². The van der Waals surface area contributed by atoms with Gasteiger partial charge in [0.05, 0.1) is 12.7 Å².